The van der Waals surface area contributed by atoms with Gasteiger partial charge >= 0.3 is 0 Å². The van der Waals surface area contributed by atoms with Crippen molar-refractivity contribution in [2.24, 2.45) is 0 Å². The minimum Gasteiger partial charge on any atom is -0.248 e. The fourth-order valence-corrected chi connectivity index (χ4v) is 1.42. The van der Waals surface area contributed by atoms with E-state index in [-0.39, 0.29) is 0 Å². The van der Waals surface area contributed by atoms with Crippen LogP contribution in [0.15, 0.2) is 0 Å². The number of hydrogen-bond acceptors (Lipinski definition) is 1. The molecule has 0 aromatic heterocycles. The van der Waals surface area contributed by atoms with Crippen molar-refractivity contribution < 1.29 is 17.6 Å². The molecule has 0 heterocycles. The van der Waals surface area contributed by atoms with Crippen molar-refractivity contribution in [2.75, 3.05) is 12.4 Å². The monoisotopic (exact) mass is 221 g/mol. The number of alkyl halides is 4. The van der Waals surface area contributed by atoms with Crippen LogP contribution in [0.4, 0.5) is 17.6 Å². The summed E-state index contributed by atoms with van der Waals surface area (Å²) in [5.74, 6) is -3.45. The van der Waals surface area contributed by atoms with E-state index in [1.807, 2.05) is 0 Å². The van der Waals surface area contributed by atoms with E-state index in [9.17, 15) is 17.6 Å². The van der Waals surface area contributed by atoms with Gasteiger partial charge in [0.05, 0.1) is 10.3 Å². The molecule has 0 rings (SSSR count). The van der Waals surface area contributed by atoms with Gasteiger partial charge in [-0.3, -0.25) is 0 Å². The average molecular weight is 221 g/mol. The highest BCUT2D eigenvalue weighted by Gasteiger charge is 2.26. The van der Waals surface area contributed by atoms with E-state index >= 15 is 0 Å². The molecule has 0 aromatic carbocycles. The highest BCUT2D eigenvalue weighted by molar-refractivity contribution is 8.10. The van der Waals surface area contributed by atoms with E-state index < -0.39 is 29.1 Å². The molecule has 0 aliphatic rings. The maximum Gasteiger partial charge on any atom is 0.254 e. The Morgan fingerprint density at radius 1 is 1.50 bits per heavy atom. The van der Waals surface area contributed by atoms with Crippen LogP contribution >= 0.6 is 24.4 Å². The highest BCUT2D eigenvalue weighted by Crippen LogP contribution is 2.27. The molecule has 0 aliphatic heterocycles. The summed E-state index contributed by atoms with van der Waals surface area (Å²) in [6.45, 7) is -0.499. The second-order valence-electron chi connectivity index (χ2n) is 2.42. The minimum absolute atomic E-state index is 0.566. The van der Waals surface area contributed by atoms with Crippen molar-refractivity contribution in [1.29, 1.82) is 0 Å². The molecule has 0 aliphatic carbocycles. The van der Waals surface area contributed by atoms with Crippen molar-refractivity contribution in [1.82, 2.24) is 0 Å². The summed E-state index contributed by atoms with van der Waals surface area (Å²) < 4.78 is 47.2. The lowest BCUT2D eigenvalue weighted by atomic mass is 10.5. The quantitative estimate of drug-likeness (QED) is 0.642. The summed E-state index contributed by atoms with van der Waals surface area (Å²) in [6.07, 6.45) is -1.83. The topological polar surface area (TPSA) is 0 Å². The zero-order chi connectivity index (χ0) is 9.78. The van der Waals surface area contributed by atoms with Gasteiger partial charge in [-0.2, -0.15) is 0 Å². The first-order valence-electron chi connectivity index (χ1n) is 3.22. The van der Waals surface area contributed by atoms with Crippen LogP contribution in [-0.2, 0) is 0 Å². The Kier molecular flexibility index (Phi) is 5.40. The molecule has 0 fully saturated rings. The molecule has 0 saturated carbocycles. The average Bonchev–Trinajstić information content (AvgIpc) is 1.97. The molecule has 0 nitrogen and oxygen atoms in total. The maximum absolute atomic E-state index is 12.4. The van der Waals surface area contributed by atoms with E-state index in [2.05, 4.69) is 12.6 Å². The summed E-state index contributed by atoms with van der Waals surface area (Å²) in [5.41, 5.74) is 0. The molecule has 2 unspecified atom stereocenters. The molecule has 0 N–H and O–H groups in total. The van der Waals surface area contributed by atoms with Gasteiger partial charge in [-0.25, -0.2) is 17.6 Å². The summed E-state index contributed by atoms with van der Waals surface area (Å²) >= 11 is 5.01. The second kappa shape index (κ2) is 5.21. The number of halogens is 4. The zero-order valence-electron chi connectivity index (χ0n) is 6.40. The summed E-state index contributed by atoms with van der Waals surface area (Å²) in [7, 11) is 0. The van der Waals surface area contributed by atoms with Gasteiger partial charge in [0.15, 0.2) is 6.17 Å². The Hall–Kier alpha value is 0.420. The number of thioether (sulfide) groups is 1. The molecular formula is C6H9F4S2. The molecular weight excluding hydrogens is 212 g/mol. The Morgan fingerprint density at radius 2 is 2.00 bits per heavy atom. The fraction of sp³-hybridized carbons (Fsp3) is 1.00. The van der Waals surface area contributed by atoms with E-state index in [1.54, 1.807) is 0 Å². The lowest BCUT2D eigenvalue weighted by molar-refractivity contribution is 0.0491. The van der Waals surface area contributed by atoms with E-state index in [0.717, 1.165) is 0 Å². The normalized spacial score (nSPS) is 17.5. The Bertz CT molecular complexity index is 125. The standard InChI is InChI=1S/C6H9F4S2/c1-6(9,10)3-12-5(11)4(8)2-7/h4-5H,2-3H2,1H3. The Morgan fingerprint density at radius 3 is 2.33 bits per heavy atom. The molecule has 6 heteroatoms. The molecule has 0 spiro atoms. The fourth-order valence-electron chi connectivity index (χ4n) is 0.406. The van der Waals surface area contributed by atoms with E-state index in [4.69, 9.17) is 0 Å². The van der Waals surface area contributed by atoms with Crippen molar-refractivity contribution in [2.45, 2.75) is 23.6 Å². The van der Waals surface area contributed by atoms with Gasteiger partial charge in [-0.1, -0.05) is 12.6 Å². The van der Waals surface area contributed by atoms with Crippen LogP contribution in [0.3, 0.4) is 0 Å². The van der Waals surface area contributed by atoms with Crippen molar-refractivity contribution in [3.63, 3.8) is 0 Å². The van der Waals surface area contributed by atoms with Crippen LogP contribution < -0.4 is 0 Å². The maximum atomic E-state index is 12.4. The first kappa shape index (κ1) is 12.4. The highest BCUT2D eigenvalue weighted by atomic mass is 32.2. The summed E-state index contributed by atoms with van der Waals surface area (Å²) in [6, 6.07) is 0. The third-order valence-corrected chi connectivity index (χ3v) is 2.94. The second-order valence-corrected chi connectivity index (χ2v) is 4.36. The van der Waals surface area contributed by atoms with Crippen molar-refractivity contribution in [3.05, 3.63) is 0 Å². The van der Waals surface area contributed by atoms with E-state index in [1.165, 1.54) is 0 Å². The molecule has 0 amide bonds. The third-order valence-electron chi connectivity index (χ3n) is 0.944. The van der Waals surface area contributed by atoms with Gasteiger partial charge in [-0.15, -0.1) is 11.8 Å². The molecule has 73 valence electrons. The van der Waals surface area contributed by atoms with Crippen LogP contribution in [0.2, 0.25) is 0 Å². The Balaban J connectivity index is 3.64. The molecule has 0 aromatic rings. The minimum atomic E-state index is -2.88. The van der Waals surface area contributed by atoms with Gasteiger partial charge in [0.25, 0.3) is 5.92 Å². The molecule has 0 bridgehead atoms. The predicted octanol–water partition coefficient (Wildman–Crippen LogP) is 3.21. The SMILES string of the molecule is CC(F)(F)CSC([S])C(F)CF. The van der Waals surface area contributed by atoms with Gasteiger partial charge in [0.1, 0.15) is 6.67 Å². The lowest BCUT2D eigenvalue weighted by Crippen LogP contribution is -2.20. The van der Waals surface area contributed by atoms with E-state index in [0.29, 0.717) is 18.7 Å². The van der Waals surface area contributed by atoms with Gasteiger partial charge in [0, 0.05) is 6.92 Å². The molecule has 12 heavy (non-hydrogen) atoms. The molecule has 2 atom stereocenters. The lowest BCUT2D eigenvalue weighted by Gasteiger charge is -2.14. The number of hydrogen-bond donors (Lipinski definition) is 0. The first-order chi connectivity index (χ1) is 5.37. The van der Waals surface area contributed by atoms with Crippen LogP contribution in [0.5, 0.6) is 0 Å². The Labute approximate surface area is 78.5 Å². The molecule has 0 saturated heterocycles. The van der Waals surface area contributed by atoms with Crippen molar-refractivity contribution >= 4 is 24.4 Å². The first-order valence-corrected chi connectivity index (χ1v) is 4.74. The van der Waals surface area contributed by atoms with Crippen LogP contribution in [0.25, 0.3) is 0 Å². The molecule has 1 radical (unpaired) electrons. The largest absolute Gasteiger partial charge is 0.254 e. The summed E-state index contributed by atoms with van der Waals surface area (Å²) in [4.78, 5) is 0. The predicted molar refractivity (Wildman–Crippen MR) is 45.3 cm³/mol. The summed E-state index contributed by atoms with van der Waals surface area (Å²) in [5, 5.41) is 0. The van der Waals surface area contributed by atoms with Crippen LogP contribution in [-0.4, -0.2) is 29.1 Å². The van der Waals surface area contributed by atoms with Crippen LogP contribution in [0, 0.1) is 0 Å². The van der Waals surface area contributed by atoms with Gasteiger partial charge in [-0.05, 0) is 0 Å². The third kappa shape index (κ3) is 5.99. The number of rotatable bonds is 5. The van der Waals surface area contributed by atoms with Gasteiger partial charge in [0.2, 0.25) is 0 Å². The van der Waals surface area contributed by atoms with Gasteiger partial charge < -0.3 is 0 Å². The zero-order valence-corrected chi connectivity index (χ0v) is 8.03. The van der Waals surface area contributed by atoms with Crippen molar-refractivity contribution in [3.8, 4) is 0 Å². The smallest absolute Gasteiger partial charge is 0.248 e. The van der Waals surface area contributed by atoms with Crippen LogP contribution in [0.1, 0.15) is 6.92 Å².